The van der Waals surface area contributed by atoms with E-state index in [4.69, 9.17) is 9.47 Å². The maximum Gasteiger partial charge on any atom is 0.314 e. The van der Waals surface area contributed by atoms with Crippen molar-refractivity contribution in [3.05, 3.63) is 0 Å². The highest BCUT2D eigenvalue weighted by Crippen LogP contribution is 2.30. The lowest BCUT2D eigenvalue weighted by molar-refractivity contribution is -0.173. The Bertz CT molecular complexity index is 749. The first kappa shape index (κ1) is 34.8. The molecular formula is C27H50N2O8. The van der Waals surface area contributed by atoms with E-state index in [1.165, 1.54) is 13.8 Å². The highest BCUT2D eigenvalue weighted by molar-refractivity contribution is 5.84. The number of ether oxygens (including phenoxy) is 2. The maximum absolute atomic E-state index is 12.7. The van der Waals surface area contributed by atoms with Gasteiger partial charge in [0.2, 0.25) is 11.8 Å². The fraction of sp³-hybridized carbons (Fsp3) is 0.852. The number of carbonyl (C=O) groups is 4. The minimum absolute atomic E-state index is 0.288. The Labute approximate surface area is 222 Å². The van der Waals surface area contributed by atoms with E-state index in [1.54, 1.807) is 69.2 Å². The molecule has 0 rings (SSSR count). The van der Waals surface area contributed by atoms with E-state index >= 15 is 0 Å². The number of amides is 2. The van der Waals surface area contributed by atoms with Gasteiger partial charge < -0.3 is 30.3 Å². The third-order valence-electron chi connectivity index (χ3n) is 7.84. The van der Waals surface area contributed by atoms with Crippen LogP contribution >= 0.6 is 0 Å². The van der Waals surface area contributed by atoms with E-state index < -0.39 is 58.0 Å². The Hall–Kier alpha value is -2.20. The van der Waals surface area contributed by atoms with E-state index in [9.17, 15) is 29.4 Å². The van der Waals surface area contributed by atoms with Crippen LogP contribution in [-0.4, -0.2) is 71.5 Å². The second kappa shape index (κ2) is 13.0. The van der Waals surface area contributed by atoms with E-state index in [0.717, 1.165) is 0 Å². The Morgan fingerprint density at radius 1 is 0.595 bits per heavy atom. The van der Waals surface area contributed by atoms with Gasteiger partial charge in [0, 0.05) is 13.1 Å². The Morgan fingerprint density at radius 3 is 1.11 bits per heavy atom. The first-order valence-corrected chi connectivity index (χ1v) is 12.9. The van der Waals surface area contributed by atoms with Gasteiger partial charge >= 0.3 is 11.9 Å². The second-order valence-corrected chi connectivity index (χ2v) is 12.2. The lowest BCUT2D eigenvalue weighted by atomic mass is 9.84. The fourth-order valence-electron chi connectivity index (χ4n) is 2.58. The zero-order chi connectivity index (χ0) is 29.6. The summed E-state index contributed by atoms with van der Waals surface area (Å²) in [6, 6.07) is 0. The van der Waals surface area contributed by atoms with Crippen LogP contribution < -0.4 is 10.6 Å². The lowest BCUT2D eigenvalue weighted by Crippen LogP contribution is -2.49. The molecule has 0 aliphatic heterocycles. The summed E-state index contributed by atoms with van der Waals surface area (Å²) < 4.78 is 11.0. The molecule has 0 spiro atoms. The van der Waals surface area contributed by atoms with Gasteiger partial charge in [0.1, 0.15) is 12.2 Å². The normalized spacial score (nSPS) is 16.2. The van der Waals surface area contributed by atoms with Crippen LogP contribution in [0, 0.1) is 21.7 Å². The van der Waals surface area contributed by atoms with E-state index in [2.05, 4.69) is 10.6 Å². The molecule has 0 radical (unpaired) electrons. The Morgan fingerprint density at radius 2 is 0.865 bits per heavy atom. The summed E-state index contributed by atoms with van der Waals surface area (Å²) in [5.41, 5.74) is -4.24. The average Bonchev–Trinajstić information content (AvgIpc) is 2.77. The van der Waals surface area contributed by atoms with Crippen LogP contribution in [0.3, 0.4) is 0 Å². The van der Waals surface area contributed by atoms with Crippen LogP contribution in [0.25, 0.3) is 0 Å². The van der Waals surface area contributed by atoms with Crippen LogP contribution in [0.4, 0.5) is 0 Å². The van der Waals surface area contributed by atoms with Gasteiger partial charge in [-0.25, -0.2) is 0 Å². The van der Waals surface area contributed by atoms with Crippen molar-refractivity contribution < 1.29 is 38.9 Å². The molecule has 0 heterocycles. The Kier molecular flexibility index (Phi) is 12.3. The Balaban J connectivity index is 4.75. The molecule has 4 unspecified atom stereocenters. The van der Waals surface area contributed by atoms with Gasteiger partial charge in [-0.3, -0.25) is 19.2 Å². The minimum atomic E-state index is -1.10. The largest absolute Gasteiger partial charge is 0.461 e. The van der Waals surface area contributed by atoms with E-state index in [-0.39, 0.29) is 24.9 Å². The minimum Gasteiger partial charge on any atom is -0.461 e. The fourth-order valence-corrected chi connectivity index (χ4v) is 2.58. The van der Waals surface area contributed by atoms with E-state index in [1.807, 2.05) is 0 Å². The summed E-state index contributed by atoms with van der Waals surface area (Å²) in [5, 5.41) is 25.2. The molecule has 0 aromatic heterocycles. The third kappa shape index (κ3) is 8.95. The zero-order valence-corrected chi connectivity index (χ0v) is 24.8. The van der Waals surface area contributed by atoms with Crippen molar-refractivity contribution in [2.24, 2.45) is 21.7 Å². The predicted octanol–water partition coefficient (Wildman–Crippen LogP) is 2.34. The topological polar surface area (TPSA) is 151 Å². The summed E-state index contributed by atoms with van der Waals surface area (Å²) in [6.45, 7) is 19.9. The summed E-state index contributed by atoms with van der Waals surface area (Å²) in [7, 11) is 0. The second-order valence-electron chi connectivity index (χ2n) is 12.2. The number of hydrogen-bond donors (Lipinski definition) is 4. The molecule has 4 atom stereocenters. The number of aliphatic hydroxyl groups is 2. The number of hydrogen-bond acceptors (Lipinski definition) is 8. The van der Waals surface area contributed by atoms with Crippen LogP contribution in [-0.2, 0) is 28.7 Å². The molecule has 0 fully saturated rings. The van der Waals surface area contributed by atoms with Crippen molar-refractivity contribution in [1.29, 1.82) is 0 Å². The molecule has 0 aromatic rings. The monoisotopic (exact) mass is 530 g/mol. The van der Waals surface area contributed by atoms with Crippen molar-refractivity contribution in [1.82, 2.24) is 10.6 Å². The van der Waals surface area contributed by atoms with Crippen LogP contribution in [0.5, 0.6) is 0 Å². The quantitative estimate of drug-likeness (QED) is 0.197. The van der Waals surface area contributed by atoms with Gasteiger partial charge in [0.15, 0.2) is 0 Å². The van der Waals surface area contributed by atoms with Crippen LogP contribution in [0.1, 0.15) is 89.5 Å². The smallest absolute Gasteiger partial charge is 0.314 e. The lowest BCUT2D eigenvalue weighted by Gasteiger charge is -2.34. The average molecular weight is 531 g/mol. The molecule has 10 heteroatoms. The molecule has 0 aromatic carbocycles. The molecule has 0 aliphatic carbocycles. The summed E-state index contributed by atoms with van der Waals surface area (Å²) in [6.07, 6.45) is -2.83. The standard InChI is InChI=1S/C27H50N2O8/c1-16(30)24(5,6)22(34)36-18(3)26(9,10)20(32)28-14-13-15-29-21(33)27(11,12)19(4)37-23(35)25(7,8)17(2)31/h16-19,30-31H,13-15H2,1-12H3,(H,28,32)(H,29,33). The van der Waals surface area contributed by atoms with Gasteiger partial charge in [-0.1, -0.05) is 0 Å². The molecule has 0 saturated carbocycles. The van der Waals surface area contributed by atoms with Gasteiger partial charge in [-0.2, -0.15) is 0 Å². The number of nitrogens with one attached hydrogen (secondary N) is 2. The van der Waals surface area contributed by atoms with Crippen LogP contribution in [0.15, 0.2) is 0 Å². The van der Waals surface area contributed by atoms with E-state index in [0.29, 0.717) is 6.42 Å². The first-order valence-electron chi connectivity index (χ1n) is 12.9. The number of rotatable bonds is 14. The third-order valence-corrected chi connectivity index (χ3v) is 7.84. The number of carbonyl (C=O) groups excluding carboxylic acids is 4. The molecule has 0 saturated heterocycles. The molecule has 0 bridgehead atoms. The van der Waals surface area contributed by atoms with Crippen LogP contribution in [0.2, 0.25) is 0 Å². The highest BCUT2D eigenvalue weighted by atomic mass is 16.6. The summed E-state index contributed by atoms with van der Waals surface area (Å²) in [5.74, 6) is -1.79. The molecule has 4 N–H and O–H groups in total. The van der Waals surface area contributed by atoms with Crippen molar-refractivity contribution >= 4 is 23.8 Å². The van der Waals surface area contributed by atoms with Crippen molar-refractivity contribution in [2.45, 2.75) is 114 Å². The zero-order valence-electron chi connectivity index (χ0n) is 24.8. The predicted molar refractivity (Wildman–Crippen MR) is 140 cm³/mol. The van der Waals surface area contributed by atoms with Gasteiger partial charge in [0.05, 0.1) is 33.9 Å². The number of esters is 2. The van der Waals surface area contributed by atoms with Crippen molar-refractivity contribution in [3.63, 3.8) is 0 Å². The molecule has 2 amide bonds. The SMILES string of the molecule is CC(O)C(C)(C)C(=O)OC(C)C(C)(C)C(=O)NCCCNC(=O)C(C)(C)C(C)OC(=O)C(C)(C)C(C)O. The summed E-state index contributed by atoms with van der Waals surface area (Å²) in [4.78, 5) is 50.3. The van der Waals surface area contributed by atoms with Crippen molar-refractivity contribution in [3.8, 4) is 0 Å². The molecular weight excluding hydrogens is 480 g/mol. The molecule has 37 heavy (non-hydrogen) atoms. The molecule has 0 aliphatic rings. The van der Waals surface area contributed by atoms with Gasteiger partial charge in [0.25, 0.3) is 0 Å². The molecule has 10 nitrogen and oxygen atoms in total. The highest BCUT2D eigenvalue weighted by Gasteiger charge is 2.42. The van der Waals surface area contributed by atoms with Gasteiger partial charge in [-0.15, -0.1) is 0 Å². The number of aliphatic hydroxyl groups excluding tert-OH is 2. The van der Waals surface area contributed by atoms with Gasteiger partial charge in [-0.05, 0) is 89.5 Å². The maximum atomic E-state index is 12.7. The summed E-state index contributed by atoms with van der Waals surface area (Å²) >= 11 is 0. The molecule has 216 valence electrons. The first-order chi connectivity index (χ1) is 16.5. The van der Waals surface area contributed by atoms with Crippen molar-refractivity contribution in [2.75, 3.05) is 13.1 Å².